The number of aliphatic hydroxyl groups excluding tert-OH is 1. The number of ether oxygens (including phenoxy) is 4. The maximum absolute atomic E-state index is 13.1. The van der Waals surface area contributed by atoms with E-state index in [9.17, 15) is 43.2 Å². The molecule has 0 heterocycles. The standard InChI is InChI=1S/C85H146O17P2/c1-5-9-13-17-21-25-29-32-35-37-39-41-44-46-50-53-57-61-65-69-82(87)95-75-80(101-84(89)71-67-63-59-55-49-28-24-20-16-12-8-4)77-99-103(91,92)97-73-79(86)74-98-104(93,94)100-78-81(102-85(90)72-68-64-60-56-52-48-43-34-31-27-23-19-15-11-7-3)76-96-83(88)70-66-62-58-54-51-47-45-42-40-38-36-33-30-26-22-18-14-10-6-2/h10-11,14-15,21-23,25-27,32-36,39-43,79-81,86H,5-9,12-13,16-20,24,28-31,37-38,44-78H2,1-4H3,(H,91,92)(H,93,94)/b14-10-,15-11-,25-21-,26-22-,27-23-,35-32-,36-33-,41-39-,42-40-,43-34-. The molecule has 0 aliphatic rings. The summed E-state index contributed by atoms with van der Waals surface area (Å²) in [5, 5.41) is 10.6. The van der Waals surface area contributed by atoms with Gasteiger partial charge in [-0.05, 0) is 135 Å². The molecule has 19 heteroatoms. The molecule has 0 aliphatic heterocycles. The largest absolute Gasteiger partial charge is 0.472 e. The molecule has 0 aromatic rings. The van der Waals surface area contributed by atoms with Gasteiger partial charge in [0.2, 0.25) is 0 Å². The Labute approximate surface area is 632 Å². The maximum Gasteiger partial charge on any atom is 0.472 e. The van der Waals surface area contributed by atoms with Crippen LogP contribution in [0.5, 0.6) is 0 Å². The average molecular weight is 1500 g/mol. The van der Waals surface area contributed by atoms with Gasteiger partial charge in [-0.3, -0.25) is 37.3 Å². The molecule has 0 aromatic carbocycles. The zero-order valence-electron chi connectivity index (χ0n) is 65.4. The number of hydrogen-bond acceptors (Lipinski definition) is 15. The van der Waals surface area contributed by atoms with Crippen LogP contribution < -0.4 is 0 Å². The molecular weight excluding hydrogens is 1350 g/mol. The lowest BCUT2D eigenvalue weighted by molar-refractivity contribution is -0.161. The van der Waals surface area contributed by atoms with Crippen molar-refractivity contribution >= 4 is 39.5 Å². The third kappa shape index (κ3) is 75.7. The summed E-state index contributed by atoms with van der Waals surface area (Å²) in [7, 11) is -9.97. The molecule has 0 aromatic heterocycles. The Morgan fingerprint density at radius 2 is 0.500 bits per heavy atom. The Morgan fingerprint density at radius 1 is 0.279 bits per heavy atom. The molecule has 17 nitrogen and oxygen atoms in total. The third-order valence-corrected chi connectivity index (χ3v) is 18.8. The van der Waals surface area contributed by atoms with E-state index in [1.807, 2.05) is 0 Å². The summed E-state index contributed by atoms with van der Waals surface area (Å²) >= 11 is 0. The lowest BCUT2D eigenvalue weighted by atomic mass is 10.1. The van der Waals surface area contributed by atoms with Crippen LogP contribution in [0.15, 0.2) is 122 Å². The lowest BCUT2D eigenvalue weighted by Gasteiger charge is -2.21. The first-order valence-electron chi connectivity index (χ1n) is 40.8. The Kier molecular flexibility index (Phi) is 73.3. The fourth-order valence-corrected chi connectivity index (χ4v) is 12.3. The minimum atomic E-state index is -4.99. The second-order valence-electron chi connectivity index (χ2n) is 27.0. The van der Waals surface area contributed by atoms with Crippen LogP contribution in [0.1, 0.15) is 336 Å². The van der Waals surface area contributed by atoms with Gasteiger partial charge in [0, 0.05) is 25.7 Å². The third-order valence-electron chi connectivity index (χ3n) is 16.9. The van der Waals surface area contributed by atoms with Gasteiger partial charge in [0.1, 0.15) is 19.3 Å². The Balaban J connectivity index is 5.34. The molecular formula is C85H146O17P2. The molecule has 0 fully saturated rings. The van der Waals surface area contributed by atoms with Crippen LogP contribution in [0.4, 0.5) is 0 Å². The van der Waals surface area contributed by atoms with Gasteiger partial charge in [-0.2, -0.15) is 0 Å². The summed E-state index contributed by atoms with van der Waals surface area (Å²) in [4.78, 5) is 73.0. The topological polar surface area (TPSA) is 237 Å². The molecule has 0 radical (unpaired) electrons. The molecule has 0 aliphatic carbocycles. The number of aliphatic hydroxyl groups is 1. The summed E-state index contributed by atoms with van der Waals surface area (Å²) in [6.07, 6.45) is 84.6. The molecule has 3 N–H and O–H groups in total. The highest BCUT2D eigenvalue weighted by Crippen LogP contribution is 2.45. The van der Waals surface area contributed by atoms with Crippen molar-refractivity contribution in [2.24, 2.45) is 0 Å². The molecule has 0 amide bonds. The predicted octanol–water partition coefficient (Wildman–Crippen LogP) is 23.9. The molecule has 0 saturated heterocycles. The highest BCUT2D eigenvalue weighted by molar-refractivity contribution is 7.47. The molecule has 5 unspecified atom stereocenters. The molecule has 0 saturated carbocycles. The van der Waals surface area contributed by atoms with E-state index in [0.29, 0.717) is 25.7 Å². The van der Waals surface area contributed by atoms with Crippen molar-refractivity contribution in [2.75, 3.05) is 39.6 Å². The minimum absolute atomic E-state index is 0.0702. The molecule has 0 bridgehead atoms. The first-order valence-corrected chi connectivity index (χ1v) is 43.8. The number of rotatable bonds is 76. The van der Waals surface area contributed by atoms with Crippen molar-refractivity contribution in [1.82, 2.24) is 0 Å². The van der Waals surface area contributed by atoms with E-state index in [1.54, 1.807) is 0 Å². The van der Waals surface area contributed by atoms with Gasteiger partial charge >= 0.3 is 39.5 Å². The lowest BCUT2D eigenvalue weighted by Crippen LogP contribution is -2.30. The summed E-state index contributed by atoms with van der Waals surface area (Å²) in [5.74, 6) is -2.21. The average Bonchev–Trinajstić information content (AvgIpc) is 0.929. The van der Waals surface area contributed by atoms with Crippen molar-refractivity contribution < 1.29 is 80.2 Å². The summed E-state index contributed by atoms with van der Waals surface area (Å²) in [6.45, 7) is 4.60. The minimum Gasteiger partial charge on any atom is -0.462 e. The molecule has 5 atom stereocenters. The van der Waals surface area contributed by atoms with Gasteiger partial charge in [0.05, 0.1) is 26.4 Å². The highest BCUT2D eigenvalue weighted by Gasteiger charge is 2.30. The SMILES string of the molecule is CC/C=C\C/C=C\C/C=C\C/C=C\CCCCCCCCC(=O)OCC(COP(=O)(O)OCC(O)COP(=O)(O)OCC(COC(=O)CCCCCCCC/C=C\C/C=C\C/C=C\CCCCC)OC(=O)CCCCCCCCCCCCC)OC(=O)CCCCCCC/C=C\C/C=C\C/C=C\CC. The maximum atomic E-state index is 13.1. The summed E-state index contributed by atoms with van der Waals surface area (Å²) in [6, 6.07) is 0. The molecule has 598 valence electrons. The molecule has 0 rings (SSSR count). The summed E-state index contributed by atoms with van der Waals surface area (Å²) < 4.78 is 68.6. The van der Waals surface area contributed by atoms with Gasteiger partial charge in [-0.15, -0.1) is 0 Å². The number of carbonyl (C=O) groups excluding carboxylic acids is 4. The van der Waals surface area contributed by atoms with Crippen LogP contribution in [0.25, 0.3) is 0 Å². The van der Waals surface area contributed by atoms with Gasteiger partial charge in [0.15, 0.2) is 12.2 Å². The number of phosphoric ester groups is 2. The van der Waals surface area contributed by atoms with E-state index >= 15 is 0 Å². The normalized spacial score (nSPS) is 14.5. The fourth-order valence-electron chi connectivity index (χ4n) is 10.8. The van der Waals surface area contributed by atoms with Crippen LogP contribution in [0.3, 0.4) is 0 Å². The number of esters is 4. The van der Waals surface area contributed by atoms with Gasteiger partial charge in [-0.1, -0.05) is 297 Å². The van der Waals surface area contributed by atoms with Crippen molar-refractivity contribution in [3.63, 3.8) is 0 Å². The molecule has 104 heavy (non-hydrogen) atoms. The monoisotopic (exact) mass is 1500 g/mol. The van der Waals surface area contributed by atoms with Crippen molar-refractivity contribution in [1.29, 1.82) is 0 Å². The van der Waals surface area contributed by atoms with Crippen molar-refractivity contribution in [3.8, 4) is 0 Å². The van der Waals surface area contributed by atoms with E-state index in [-0.39, 0.29) is 25.7 Å². The zero-order chi connectivity index (χ0) is 76.0. The number of hydrogen-bond donors (Lipinski definition) is 3. The Morgan fingerprint density at radius 3 is 0.788 bits per heavy atom. The number of unbranched alkanes of at least 4 members (excludes halogenated alkanes) is 30. The smallest absolute Gasteiger partial charge is 0.462 e. The molecule has 0 spiro atoms. The Bertz CT molecular complexity index is 2440. The first-order chi connectivity index (χ1) is 50.7. The zero-order valence-corrected chi connectivity index (χ0v) is 67.2. The number of carbonyl (C=O) groups is 4. The van der Waals surface area contributed by atoms with Crippen LogP contribution in [0.2, 0.25) is 0 Å². The van der Waals surface area contributed by atoms with Crippen LogP contribution in [-0.2, 0) is 65.4 Å². The van der Waals surface area contributed by atoms with E-state index in [2.05, 4.69) is 149 Å². The van der Waals surface area contributed by atoms with E-state index < -0.39 is 97.5 Å². The first kappa shape index (κ1) is 99.5. The van der Waals surface area contributed by atoms with E-state index in [0.717, 1.165) is 199 Å². The van der Waals surface area contributed by atoms with Crippen LogP contribution in [-0.4, -0.2) is 96.7 Å². The number of allylic oxidation sites excluding steroid dienone is 20. The second kappa shape index (κ2) is 76.6. The number of phosphoric acid groups is 2. The van der Waals surface area contributed by atoms with E-state index in [4.69, 9.17) is 37.0 Å². The van der Waals surface area contributed by atoms with Gasteiger partial charge in [-0.25, -0.2) is 9.13 Å². The highest BCUT2D eigenvalue weighted by atomic mass is 31.2. The Hall–Kier alpha value is -4.54. The van der Waals surface area contributed by atoms with Gasteiger partial charge in [0.25, 0.3) is 0 Å². The van der Waals surface area contributed by atoms with Crippen LogP contribution in [0, 0.1) is 0 Å². The van der Waals surface area contributed by atoms with Crippen LogP contribution >= 0.6 is 15.6 Å². The predicted molar refractivity (Wildman–Crippen MR) is 427 cm³/mol. The van der Waals surface area contributed by atoms with E-state index in [1.165, 1.54) is 57.8 Å². The quantitative estimate of drug-likeness (QED) is 0.0169. The fraction of sp³-hybridized carbons (Fsp3) is 0.718. The summed E-state index contributed by atoms with van der Waals surface area (Å²) in [5.41, 5.74) is 0. The van der Waals surface area contributed by atoms with Crippen molar-refractivity contribution in [2.45, 2.75) is 354 Å². The second-order valence-corrected chi connectivity index (χ2v) is 29.9. The van der Waals surface area contributed by atoms with Gasteiger partial charge < -0.3 is 33.8 Å². The van der Waals surface area contributed by atoms with Crippen molar-refractivity contribution in [3.05, 3.63) is 122 Å².